The zero-order valence-electron chi connectivity index (χ0n) is 47.1. The standard InChI is InChI=1S/C67H108O6/c1-4-7-10-13-16-18-20-22-24-26-28-30-32-33-35-36-38-40-42-44-46-48-51-54-57-60-66(69)72-63-64(62-71-65(68)59-56-53-50-15-12-9-6-3)73-67(70)61-58-55-52-49-47-45-43-41-39-37-34-31-29-27-25-23-21-19-17-14-11-8-5-2/h7-8,10-11,16-19,22-25,28-31,33,35,37,39,43,45,64H,4-6,9,12-15,20-21,26-27,32,34,36,38,40-42,44,46-63H2,1-3H3/b10-7-,11-8-,18-16-,19-17-,24-22-,25-23-,30-28-,31-29-,35-33-,39-37-,45-43-. The SMILES string of the molecule is CC/C=C\C/C=C\C/C=C\C/C=C\C/C=C\C/C=C\CCCCCCC(=O)OC(COC(=O)CCCCCCCCC)COC(=O)CCCCCCCCCCC/C=C\C/C=C\C/C=C\C/C=C\C/C=C\CC. The summed E-state index contributed by atoms with van der Waals surface area (Å²) in [6, 6.07) is 0. The number of hydrogen-bond donors (Lipinski definition) is 0. The first kappa shape index (κ1) is 68.6. The first-order valence-electron chi connectivity index (χ1n) is 29.7. The van der Waals surface area contributed by atoms with Gasteiger partial charge in [-0.3, -0.25) is 14.4 Å². The van der Waals surface area contributed by atoms with Gasteiger partial charge in [-0.2, -0.15) is 0 Å². The van der Waals surface area contributed by atoms with E-state index in [0.29, 0.717) is 19.3 Å². The lowest BCUT2D eigenvalue weighted by molar-refractivity contribution is -0.167. The number of unbranched alkanes of at least 4 members (excludes halogenated alkanes) is 19. The Labute approximate surface area is 449 Å². The van der Waals surface area contributed by atoms with Crippen LogP contribution in [0.25, 0.3) is 0 Å². The molecule has 0 bridgehead atoms. The van der Waals surface area contributed by atoms with Crippen LogP contribution in [0, 0.1) is 0 Å². The van der Waals surface area contributed by atoms with Crippen LogP contribution in [0.15, 0.2) is 134 Å². The monoisotopic (exact) mass is 1010 g/mol. The second-order valence-corrected chi connectivity index (χ2v) is 19.1. The van der Waals surface area contributed by atoms with Crippen LogP contribution in [0.1, 0.15) is 252 Å². The summed E-state index contributed by atoms with van der Waals surface area (Å²) in [6.07, 6.45) is 84.6. The average Bonchev–Trinajstić information content (AvgIpc) is 3.39. The molecular weight excluding hydrogens is 901 g/mol. The van der Waals surface area contributed by atoms with Gasteiger partial charge in [-0.05, 0) is 116 Å². The Hall–Kier alpha value is -4.45. The molecule has 0 spiro atoms. The number of rotatable bonds is 52. The van der Waals surface area contributed by atoms with Crippen molar-refractivity contribution in [1.29, 1.82) is 0 Å². The summed E-state index contributed by atoms with van der Waals surface area (Å²) < 4.78 is 16.8. The maximum atomic E-state index is 12.8. The number of ether oxygens (including phenoxy) is 3. The predicted molar refractivity (Wildman–Crippen MR) is 316 cm³/mol. The van der Waals surface area contributed by atoms with Crippen molar-refractivity contribution in [2.45, 2.75) is 258 Å². The molecular formula is C67H108O6. The van der Waals surface area contributed by atoms with Gasteiger partial charge in [0.25, 0.3) is 0 Å². The van der Waals surface area contributed by atoms with Gasteiger partial charge in [0.2, 0.25) is 0 Å². The molecule has 0 aromatic heterocycles. The zero-order chi connectivity index (χ0) is 52.9. The fraction of sp³-hybridized carbons (Fsp3) is 0.627. The Bertz CT molecular complexity index is 1580. The smallest absolute Gasteiger partial charge is 0.306 e. The molecule has 1 atom stereocenters. The van der Waals surface area contributed by atoms with Crippen LogP contribution in [0.3, 0.4) is 0 Å². The molecule has 0 rings (SSSR count). The summed E-state index contributed by atoms with van der Waals surface area (Å²) in [5.41, 5.74) is 0. The minimum Gasteiger partial charge on any atom is -0.462 e. The van der Waals surface area contributed by atoms with E-state index in [9.17, 15) is 14.4 Å². The molecule has 0 aliphatic rings. The van der Waals surface area contributed by atoms with Crippen LogP contribution in [-0.4, -0.2) is 37.2 Å². The van der Waals surface area contributed by atoms with Crippen LogP contribution in [0.4, 0.5) is 0 Å². The van der Waals surface area contributed by atoms with Crippen LogP contribution >= 0.6 is 0 Å². The van der Waals surface area contributed by atoms with E-state index in [1.807, 2.05) is 0 Å². The van der Waals surface area contributed by atoms with Crippen molar-refractivity contribution in [3.8, 4) is 0 Å². The molecule has 0 N–H and O–H groups in total. The number of carbonyl (C=O) groups excluding carboxylic acids is 3. The topological polar surface area (TPSA) is 78.9 Å². The Morgan fingerprint density at radius 1 is 0.288 bits per heavy atom. The summed E-state index contributed by atoms with van der Waals surface area (Å²) in [5.74, 6) is -0.935. The fourth-order valence-corrected chi connectivity index (χ4v) is 7.77. The molecule has 0 saturated heterocycles. The van der Waals surface area contributed by atoms with Crippen LogP contribution in [-0.2, 0) is 28.6 Å². The molecule has 0 aliphatic carbocycles. The third-order valence-corrected chi connectivity index (χ3v) is 12.2. The predicted octanol–water partition coefficient (Wildman–Crippen LogP) is 20.2. The lowest BCUT2D eigenvalue weighted by atomic mass is 10.1. The number of allylic oxidation sites excluding steroid dienone is 22. The Kier molecular flexibility index (Phi) is 56.4. The minimum atomic E-state index is -0.797. The van der Waals surface area contributed by atoms with Gasteiger partial charge in [-0.25, -0.2) is 0 Å². The normalized spacial score (nSPS) is 13.1. The lowest BCUT2D eigenvalue weighted by Crippen LogP contribution is -2.30. The number of carbonyl (C=O) groups is 3. The summed E-state index contributed by atoms with van der Waals surface area (Å²) >= 11 is 0. The van der Waals surface area contributed by atoms with E-state index in [-0.39, 0.29) is 31.1 Å². The van der Waals surface area contributed by atoms with Crippen molar-refractivity contribution in [1.82, 2.24) is 0 Å². The molecule has 0 amide bonds. The van der Waals surface area contributed by atoms with Crippen molar-refractivity contribution in [2.75, 3.05) is 13.2 Å². The minimum absolute atomic E-state index is 0.0936. The van der Waals surface area contributed by atoms with E-state index in [1.54, 1.807) is 0 Å². The van der Waals surface area contributed by atoms with Gasteiger partial charge in [0.1, 0.15) is 13.2 Å². The average molecular weight is 1010 g/mol. The molecule has 0 saturated carbocycles. The Morgan fingerprint density at radius 3 is 0.836 bits per heavy atom. The molecule has 0 fully saturated rings. The third kappa shape index (κ3) is 58.3. The van der Waals surface area contributed by atoms with Gasteiger partial charge in [0, 0.05) is 19.3 Å². The van der Waals surface area contributed by atoms with Gasteiger partial charge < -0.3 is 14.2 Å². The fourth-order valence-electron chi connectivity index (χ4n) is 7.77. The molecule has 0 radical (unpaired) electrons. The number of hydrogen-bond acceptors (Lipinski definition) is 6. The first-order chi connectivity index (χ1) is 36.0. The quantitative estimate of drug-likeness (QED) is 0.0261. The van der Waals surface area contributed by atoms with Crippen LogP contribution in [0.2, 0.25) is 0 Å². The van der Waals surface area contributed by atoms with E-state index in [4.69, 9.17) is 14.2 Å². The molecule has 0 aromatic carbocycles. The molecule has 0 aliphatic heterocycles. The second-order valence-electron chi connectivity index (χ2n) is 19.1. The van der Waals surface area contributed by atoms with Crippen LogP contribution < -0.4 is 0 Å². The molecule has 6 heteroatoms. The van der Waals surface area contributed by atoms with Gasteiger partial charge in [-0.15, -0.1) is 0 Å². The van der Waals surface area contributed by atoms with Gasteiger partial charge in [0.15, 0.2) is 6.10 Å². The molecule has 412 valence electrons. The van der Waals surface area contributed by atoms with E-state index in [1.165, 1.54) is 64.2 Å². The molecule has 0 heterocycles. The van der Waals surface area contributed by atoms with Crippen molar-refractivity contribution in [2.24, 2.45) is 0 Å². The van der Waals surface area contributed by atoms with Gasteiger partial charge in [0.05, 0.1) is 0 Å². The van der Waals surface area contributed by atoms with Crippen molar-refractivity contribution in [3.63, 3.8) is 0 Å². The number of esters is 3. The second kappa shape index (κ2) is 60.1. The van der Waals surface area contributed by atoms with E-state index in [2.05, 4.69) is 154 Å². The van der Waals surface area contributed by atoms with Gasteiger partial charge >= 0.3 is 17.9 Å². The summed E-state index contributed by atoms with van der Waals surface area (Å²) in [4.78, 5) is 38.0. The van der Waals surface area contributed by atoms with E-state index < -0.39 is 6.10 Å². The van der Waals surface area contributed by atoms with Crippen molar-refractivity contribution in [3.05, 3.63) is 134 Å². The largest absolute Gasteiger partial charge is 0.462 e. The van der Waals surface area contributed by atoms with E-state index >= 15 is 0 Å². The third-order valence-electron chi connectivity index (χ3n) is 12.2. The highest BCUT2D eigenvalue weighted by Crippen LogP contribution is 2.14. The highest BCUT2D eigenvalue weighted by atomic mass is 16.6. The molecule has 73 heavy (non-hydrogen) atoms. The zero-order valence-corrected chi connectivity index (χ0v) is 47.1. The molecule has 1 unspecified atom stereocenters. The Morgan fingerprint density at radius 2 is 0.534 bits per heavy atom. The Balaban J connectivity index is 4.27. The highest BCUT2D eigenvalue weighted by molar-refractivity contribution is 5.71. The highest BCUT2D eigenvalue weighted by Gasteiger charge is 2.19. The lowest BCUT2D eigenvalue weighted by Gasteiger charge is -2.18. The first-order valence-corrected chi connectivity index (χ1v) is 29.7. The van der Waals surface area contributed by atoms with E-state index in [0.717, 1.165) is 148 Å². The van der Waals surface area contributed by atoms with Crippen molar-refractivity contribution < 1.29 is 28.6 Å². The maximum Gasteiger partial charge on any atom is 0.306 e. The summed E-state index contributed by atoms with van der Waals surface area (Å²) in [5, 5.41) is 0. The maximum absolute atomic E-state index is 12.8. The molecule has 0 aromatic rings. The summed E-state index contributed by atoms with van der Waals surface area (Å²) in [7, 11) is 0. The van der Waals surface area contributed by atoms with Crippen LogP contribution in [0.5, 0.6) is 0 Å². The summed E-state index contributed by atoms with van der Waals surface area (Å²) in [6.45, 7) is 6.34. The van der Waals surface area contributed by atoms with Crippen molar-refractivity contribution >= 4 is 17.9 Å². The molecule has 6 nitrogen and oxygen atoms in total. The van der Waals surface area contributed by atoms with Gasteiger partial charge in [-0.1, -0.05) is 251 Å².